The average Bonchev–Trinajstić information content (AvgIpc) is 2.79. The molecule has 180 valence electrons. The molecule has 0 amide bonds. The van der Waals surface area contributed by atoms with E-state index in [1.165, 1.54) is 0 Å². The lowest BCUT2D eigenvalue weighted by atomic mass is 9.83. The standard InChI is InChI=1S/C26H31FN4O3/c1-16-13-19(17(2)28-21-8-6-5-7-18(21)24(33)34)22-20(14-16)23(32)31(15-27)25(29-22)30-11-9-26(3,4)10-12-30/h5-8,13-14,17,28H,9-12,15H2,1-4H3,(H,33,34). The van der Waals surface area contributed by atoms with E-state index in [-0.39, 0.29) is 17.0 Å². The topological polar surface area (TPSA) is 87.5 Å². The van der Waals surface area contributed by atoms with Gasteiger partial charge in [0.2, 0.25) is 5.95 Å². The summed E-state index contributed by atoms with van der Waals surface area (Å²) >= 11 is 0. The van der Waals surface area contributed by atoms with Crippen molar-refractivity contribution in [3.8, 4) is 0 Å². The van der Waals surface area contributed by atoms with Crippen LogP contribution in [-0.2, 0) is 6.80 Å². The Morgan fingerprint density at radius 2 is 1.91 bits per heavy atom. The number of aryl methyl sites for hydroxylation is 1. The molecule has 0 aliphatic carbocycles. The summed E-state index contributed by atoms with van der Waals surface area (Å²) in [5, 5.41) is 13.2. The third-order valence-electron chi connectivity index (χ3n) is 6.73. The Balaban J connectivity index is 1.82. The highest BCUT2D eigenvalue weighted by Crippen LogP contribution is 2.33. The third-order valence-corrected chi connectivity index (χ3v) is 6.73. The average molecular weight is 467 g/mol. The largest absolute Gasteiger partial charge is 0.478 e. The molecule has 0 saturated carbocycles. The molecule has 8 heteroatoms. The number of piperidine rings is 1. The number of benzene rings is 2. The van der Waals surface area contributed by atoms with Crippen LogP contribution in [0.2, 0.25) is 0 Å². The number of carboxylic acids is 1. The van der Waals surface area contributed by atoms with Crippen LogP contribution in [0.4, 0.5) is 16.0 Å². The maximum atomic E-state index is 14.1. The first kappa shape index (κ1) is 23.7. The number of carbonyl (C=O) groups is 1. The zero-order valence-corrected chi connectivity index (χ0v) is 20.1. The molecule has 1 unspecified atom stereocenters. The minimum Gasteiger partial charge on any atom is -0.478 e. The zero-order valence-electron chi connectivity index (χ0n) is 20.1. The Bertz CT molecular complexity index is 1290. The van der Waals surface area contributed by atoms with Crippen LogP contribution in [0.25, 0.3) is 10.9 Å². The molecule has 2 aromatic carbocycles. The number of rotatable bonds is 6. The molecule has 2 N–H and O–H groups in total. The molecule has 2 heterocycles. The Morgan fingerprint density at radius 1 is 1.24 bits per heavy atom. The number of carboxylic acid groups (broad SMARTS) is 1. The molecule has 1 aliphatic heterocycles. The summed E-state index contributed by atoms with van der Waals surface area (Å²) < 4.78 is 15.2. The minimum atomic E-state index is -1.02. The predicted octanol–water partition coefficient (Wildman–Crippen LogP) is 5.13. The van der Waals surface area contributed by atoms with Gasteiger partial charge >= 0.3 is 5.97 Å². The van der Waals surface area contributed by atoms with E-state index in [1.54, 1.807) is 30.3 Å². The molecule has 0 radical (unpaired) electrons. The fourth-order valence-corrected chi connectivity index (χ4v) is 4.59. The van der Waals surface area contributed by atoms with Crippen molar-refractivity contribution in [1.29, 1.82) is 0 Å². The Kier molecular flexibility index (Phi) is 6.34. The lowest BCUT2D eigenvalue weighted by Gasteiger charge is -2.38. The van der Waals surface area contributed by atoms with E-state index in [0.717, 1.165) is 28.5 Å². The van der Waals surface area contributed by atoms with E-state index in [9.17, 15) is 19.1 Å². The van der Waals surface area contributed by atoms with Crippen molar-refractivity contribution < 1.29 is 14.3 Å². The van der Waals surface area contributed by atoms with Crippen LogP contribution in [0, 0.1) is 12.3 Å². The number of aromatic carboxylic acids is 1. The van der Waals surface area contributed by atoms with Gasteiger partial charge in [0.1, 0.15) is 0 Å². The molecule has 1 aromatic heterocycles. The third kappa shape index (κ3) is 4.49. The Labute approximate surface area is 198 Å². The van der Waals surface area contributed by atoms with Gasteiger partial charge in [-0.25, -0.2) is 18.7 Å². The number of halogens is 1. The van der Waals surface area contributed by atoms with Crippen molar-refractivity contribution in [3.05, 3.63) is 63.4 Å². The molecule has 4 rings (SSSR count). The summed E-state index contributed by atoms with van der Waals surface area (Å²) in [7, 11) is 0. The summed E-state index contributed by atoms with van der Waals surface area (Å²) in [6.07, 6.45) is 1.86. The smallest absolute Gasteiger partial charge is 0.337 e. The summed E-state index contributed by atoms with van der Waals surface area (Å²) in [6.45, 7) is 8.66. The molecule has 0 spiro atoms. The van der Waals surface area contributed by atoms with Gasteiger partial charge in [-0.2, -0.15) is 0 Å². The van der Waals surface area contributed by atoms with E-state index in [4.69, 9.17) is 4.98 Å². The number of anilines is 2. The fraction of sp³-hybridized carbons (Fsp3) is 0.423. The lowest BCUT2D eigenvalue weighted by Crippen LogP contribution is -2.41. The van der Waals surface area contributed by atoms with Crippen molar-refractivity contribution in [2.24, 2.45) is 5.41 Å². The van der Waals surface area contributed by atoms with Gasteiger partial charge in [0, 0.05) is 24.3 Å². The second kappa shape index (κ2) is 9.08. The Hall–Kier alpha value is -3.42. The first-order chi connectivity index (χ1) is 16.1. The van der Waals surface area contributed by atoms with Crippen molar-refractivity contribution in [2.45, 2.75) is 53.4 Å². The fourth-order valence-electron chi connectivity index (χ4n) is 4.59. The normalized spacial score (nSPS) is 16.4. The van der Waals surface area contributed by atoms with Crippen LogP contribution in [0.1, 0.15) is 61.1 Å². The maximum absolute atomic E-state index is 14.1. The van der Waals surface area contributed by atoms with Crippen molar-refractivity contribution in [1.82, 2.24) is 9.55 Å². The predicted molar refractivity (Wildman–Crippen MR) is 133 cm³/mol. The van der Waals surface area contributed by atoms with Gasteiger partial charge in [0.25, 0.3) is 5.56 Å². The zero-order chi connectivity index (χ0) is 24.6. The maximum Gasteiger partial charge on any atom is 0.337 e. The highest BCUT2D eigenvalue weighted by molar-refractivity contribution is 5.94. The number of alkyl halides is 1. The van der Waals surface area contributed by atoms with Gasteiger partial charge in [-0.15, -0.1) is 0 Å². The van der Waals surface area contributed by atoms with Gasteiger partial charge in [0.05, 0.1) is 22.5 Å². The number of hydrogen-bond acceptors (Lipinski definition) is 5. The van der Waals surface area contributed by atoms with E-state index >= 15 is 0 Å². The van der Waals surface area contributed by atoms with Crippen molar-refractivity contribution in [3.63, 3.8) is 0 Å². The van der Waals surface area contributed by atoms with Crippen LogP contribution < -0.4 is 15.8 Å². The van der Waals surface area contributed by atoms with E-state index in [1.807, 2.05) is 24.8 Å². The van der Waals surface area contributed by atoms with Crippen molar-refractivity contribution in [2.75, 3.05) is 23.3 Å². The van der Waals surface area contributed by atoms with Gasteiger partial charge in [-0.1, -0.05) is 32.0 Å². The number of aromatic nitrogens is 2. The van der Waals surface area contributed by atoms with Crippen molar-refractivity contribution >= 4 is 28.5 Å². The first-order valence-electron chi connectivity index (χ1n) is 11.6. The molecular weight excluding hydrogens is 435 g/mol. The molecular formula is C26H31FN4O3. The molecule has 1 aliphatic rings. The first-order valence-corrected chi connectivity index (χ1v) is 11.6. The number of nitrogens with zero attached hydrogens (tertiary/aromatic N) is 3. The van der Waals surface area contributed by atoms with E-state index in [0.29, 0.717) is 35.6 Å². The lowest BCUT2D eigenvalue weighted by molar-refractivity contribution is 0.0698. The monoisotopic (exact) mass is 466 g/mol. The molecule has 1 saturated heterocycles. The Morgan fingerprint density at radius 3 is 2.56 bits per heavy atom. The quantitative estimate of drug-likeness (QED) is 0.524. The number of hydrogen-bond donors (Lipinski definition) is 2. The van der Waals surface area contributed by atoms with Crippen LogP contribution in [-0.4, -0.2) is 33.7 Å². The molecule has 1 fully saturated rings. The second-order valence-corrected chi connectivity index (χ2v) is 9.88. The van der Waals surface area contributed by atoms with Gasteiger partial charge in [-0.05, 0) is 55.9 Å². The molecule has 34 heavy (non-hydrogen) atoms. The van der Waals surface area contributed by atoms with Gasteiger partial charge in [-0.3, -0.25) is 4.79 Å². The number of para-hydroxylation sites is 1. The number of nitrogens with one attached hydrogen (secondary N) is 1. The summed E-state index contributed by atoms with van der Waals surface area (Å²) in [6, 6.07) is 10.0. The highest BCUT2D eigenvalue weighted by Gasteiger charge is 2.29. The van der Waals surface area contributed by atoms with Gasteiger partial charge in [0.15, 0.2) is 6.80 Å². The molecule has 7 nitrogen and oxygen atoms in total. The summed E-state index contributed by atoms with van der Waals surface area (Å²) in [5.74, 6) is -0.678. The number of fused-ring (bicyclic) bond motifs is 1. The molecule has 1 atom stereocenters. The van der Waals surface area contributed by atoms with Crippen LogP contribution in [0.15, 0.2) is 41.2 Å². The molecule has 0 bridgehead atoms. The van der Waals surface area contributed by atoms with Gasteiger partial charge < -0.3 is 15.3 Å². The SMILES string of the molecule is Cc1cc(C(C)Nc2ccccc2C(=O)O)c2nc(N3CCC(C)(C)CC3)n(CF)c(=O)c2c1. The van der Waals surface area contributed by atoms with E-state index in [2.05, 4.69) is 19.2 Å². The molecule has 3 aromatic rings. The summed E-state index contributed by atoms with van der Waals surface area (Å²) in [4.78, 5) is 31.8. The minimum absolute atomic E-state index is 0.163. The highest BCUT2D eigenvalue weighted by atomic mass is 19.1. The van der Waals surface area contributed by atoms with Crippen LogP contribution in [0.5, 0.6) is 0 Å². The van der Waals surface area contributed by atoms with Crippen LogP contribution >= 0.6 is 0 Å². The summed E-state index contributed by atoms with van der Waals surface area (Å²) in [5.41, 5.74) is 2.55. The second-order valence-electron chi connectivity index (χ2n) is 9.88. The van der Waals surface area contributed by atoms with Crippen LogP contribution in [0.3, 0.4) is 0 Å². The van der Waals surface area contributed by atoms with E-state index < -0.39 is 18.3 Å².